The first-order valence-corrected chi connectivity index (χ1v) is 5.75. The van der Waals surface area contributed by atoms with Gasteiger partial charge in [-0.15, -0.1) is 0 Å². The second-order valence-electron chi connectivity index (χ2n) is 4.03. The lowest BCUT2D eigenvalue weighted by Crippen LogP contribution is -2.31. The molecule has 1 aromatic carbocycles. The molecule has 90 valence electrons. The lowest BCUT2D eigenvalue weighted by atomic mass is 10.1. The Hall–Kier alpha value is -1.73. The van der Waals surface area contributed by atoms with Gasteiger partial charge in [-0.1, -0.05) is 0 Å². The van der Waals surface area contributed by atoms with Crippen molar-refractivity contribution in [1.29, 1.82) is 5.26 Å². The molecule has 0 spiro atoms. The summed E-state index contributed by atoms with van der Waals surface area (Å²) in [5.41, 5.74) is 0.910. The summed E-state index contributed by atoms with van der Waals surface area (Å²) in [6.45, 7) is 0.757. The molecule has 1 aliphatic heterocycles. The Morgan fingerprint density at radius 3 is 2.76 bits per heavy atom. The molecule has 0 aromatic heterocycles. The van der Waals surface area contributed by atoms with Gasteiger partial charge in [0.2, 0.25) is 0 Å². The minimum absolute atomic E-state index is 0.00195. The van der Waals surface area contributed by atoms with E-state index >= 15 is 0 Å². The van der Waals surface area contributed by atoms with Gasteiger partial charge < -0.3 is 14.8 Å². The highest BCUT2D eigenvalue weighted by Crippen LogP contribution is 2.20. The molecule has 17 heavy (non-hydrogen) atoms. The Labute approximate surface area is 101 Å². The van der Waals surface area contributed by atoms with Crippen molar-refractivity contribution in [2.75, 3.05) is 19.0 Å². The maximum atomic E-state index is 9.13. The van der Waals surface area contributed by atoms with Crippen LogP contribution in [-0.2, 0) is 4.74 Å². The van der Waals surface area contributed by atoms with Crippen LogP contribution >= 0.6 is 0 Å². The van der Waals surface area contributed by atoms with Crippen molar-refractivity contribution >= 4 is 5.69 Å². The van der Waals surface area contributed by atoms with Gasteiger partial charge in [0.15, 0.2) is 0 Å². The van der Waals surface area contributed by atoms with Crippen LogP contribution in [0.25, 0.3) is 0 Å². The number of nitriles is 1. The number of nitrogens with zero attached hydrogens (tertiary/aromatic N) is 1. The van der Waals surface area contributed by atoms with E-state index in [4.69, 9.17) is 14.7 Å². The number of methoxy groups -OCH3 is 1. The summed E-state index contributed by atoms with van der Waals surface area (Å²) >= 11 is 0. The van der Waals surface area contributed by atoms with Gasteiger partial charge in [-0.2, -0.15) is 5.26 Å². The lowest BCUT2D eigenvalue weighted by molar-refractivity contribution is 0.107. The molecule has 1 heterocycles. The van der Waals surface area contributed by atoms with E-state index in [1.807, 2.05) is 24.3 Å². The summed E-state index contributed by atoms with van der Waals surface area (Å²) in [5.74, 6) is 0.807. The van der Waals surface area contributed by atoms with Gasteiger partial charge in [-0.3, -0.25) is 0 Å². The Morgan fingerprint density at radius 2 is 2.24 bits per heavy atom. The number of ether oxygens (including phenoxy) is 2. The van der Waals surface area contributed by atoms with Gasteiger partial charge >= 0.3 is 0 Å². The Morgan fingerprint density at radius 1 is 1.47 bits per heavy atom. The van der Waals surface area contributed by atoms with E-state index in [0.717, 1.165) is 30.9 Å². The van der Waals surface area contributed by atoms with E-state index in [1.165, 1.54) is 0 Å². The highest BCUT2D eigenvalue weighted by molar-refractivity contribution is 5.48. The SMILES string of the molecule is COc1ccc(NC(C#N)C2CCCO2)cc1. The van der Waals surface area contributed by atoms with Crippen LogP contribution < -0.4 is 10.1 Å². The Bertz CT molecular complexity index is 391. The second-order valence-corrected chi connectivity index (χ2v) is 4.03. The van der Waals surface area contributed by atoms with Crippen molar-refractivity contribution in [3.05, 3.63) is 24.3 Å². The van der Waals surface area contributed by atoms with Crippen LogP contribution in [0.5, 0.6) is 5.75 Å². The largest absolute Gasteiger partial charge is 0.497 e. The summed E-state index contributed by atoms with van der Waals surface area (Å²) < 4.78 is 10.6. The van der Waals surface area contributed by atoms with Gasteiger partial charge in [-0.25, -0.2) is 0 Å². The summed E-state index contributed by atoms with van der Waals surface area (Å²) in [7, 11) is 1.63. The van der Waals surface area contributed by atoms with E-state index in [-0.39, 0.29) is 12.1 Å². The summed E-state index contributed by atoms with van der Waals surface area (Å²) in [6.07, 6.45) is 1.98. The summed E-state index contributed by atoms with van der Waals surface area (Å²) in [6, 6.07) is 9.50. The van der Waals surface area contributed by atoms with Gasteiger partial charge in [-0.05, 0) is 37.1 Å². The fraction of sp³-hybridized carbons (Fsp3) is 0.462. The standard InChI is InChI=1S/C13H16N2O2/c1-16-11-6-4-10(5-7-11)15-12(9-14)13-3-2-8-17-13/h4-7,12-13,15H,2-3,8H2,1H3. The number of anilines is 1. The molecule has 0 amide bonds. The minimum Gasteiger partial charge on any atom is -0.497 e. The molecule has 4 heteroatoms. The first kappa shape index (κ1) is 11.7. The Balaban J connectivity index is 2.00. The molecule has 0 bridgehead atoms. The van der Waals surface area contributed by atoms with E-state index in [1.54, 1.807) is 7.11 Å². The fourth-order valence-electron chi connectivity index (χ4n) is 1.94. The van der Waals surface area contributed by atoms with Crippen molar-refractivity contribution in [2.24, 2.45) is 0 Å². The molecule has 1 aromatic rings. The number of nitrogens with one attached hydrogen (secondary N) is 1. The highest BCUT2D eigenvalue weighted by Gasteiger charge is 2.25. The molecule has 1 saturated heterocycles. The minimum atomic E-state index is -0.286. The highest BCUT2D eigenvalue weighted by atomic mass is 16.5. The molecular weight excluding hydrogens is 216 g/mol. The predicted molar refractivity (Wildman–Crippen MR) is 65.0 cm³/mol. The second kappa shape index (κ2) is 5.55. The molecule has 4 nitrogen and oxygen atoms in total. The van der Waals surface area contributed by atoms with Crippen LogP contribution in [0.3, 0.4) is 0 Å². The van der Waals surface area contributed by atoms with E-state index in [2.05, 4.69) is 11.4 Å². The van der Waals surface area contributed by atoms with Crippen LogP contribution in [0.15, 0.2) is 24.3 Å². The predicted octanol–water partition coefficient (Wildman–Crippen LogP) is 2.18. The van der Waals surface area contributed by atoms with Crippen LogP contribution in [0.4, 0.5) is 5.69 Å². The van der Waals surface area contributed by atoms with Crippen molar-refractivity contribution in [3.63, 3.8) is 0 Å². The normalized spacial score (nSPS) is 20.6. The van der Waals surface area contributed by atoms with Crippen molar-refractivity contribution in [3.8, 4) is 11.8 Å². The van der Waals surface area contributed by atoms with E-state index in [0.29, 0.717) is 0 Å². The fourth-order valence-corrected chi connectivity index (χ4v) is 1.94. The maximum absolute atomic E-state index is 9.13. The first-order valence-electron chi connectivity index (χ1n) is 5.75. The topological polar surface area (TPSA) is 54.3 Å². The zero-order valence-electron chi connectivity index (χ0n) is 9.85. The zero-order valence-corrected chi connectivity index (χ0v) is 9.85. The quantitative estimate of drug-likeness (QED) is 0.864. The maximum Gasteiger partial charge on any atom is 0.141 e. The number of hydrogen-bond donors (Lipinski definition) is 1. The molecule has 1 fully saturated rings. The van der Waals surface area contributed by atoms with Crippen molar-refractivity contribution in [1.82, 2.24) is 0 Å². The van der Waals surface area contributed by atoms with Crippen LogP contribution in [-0.4, -0.2) is 25.9 Å². The molecule has 1 N–H and O–H groups in total. The smallest absolute Gasteiger partial charge is 0.141 e. The summed E-state index contributed by atoms with van der Waals surface area (Å²) in [4.78, 5) is 0. The molecule has 2 unspecified atom stereocenters. The Kier molecular flexibility index (Phi) is 3.84. The monoisotopic (exact) mass is 232 g/mol. The van der Waals surface area contributed by atoms with Gasteiger partial charge in [0.1, 0.15) is 11.8 Å². The van der Waals surface area contributed by atoms with Gasteiger partial charge in [0.05, 0.1) is 19.3 Å². The lowest BCUT2D eigenvalue weighted by Gasteiger charge is -2.18. The third kappa shape index (κ3) is 2.89. The van der Waals surface area contributed by atoms with E-state index in [9.17, 15) is 0 Å². The van der Waals surface area contributed by atoms with Crippen molar-refractivity contribution in [2.45, 2.75) is 25.0 Å². The molecular formula is C13H16N2O2. The van der Waals surface area contributed by atoms with E-state index < -0.39 is 0 Å². The number of benzene rings is 1. The average molecular weight is 232 g/mol. The first-order chi connectivity index (χ1) is 8.33. The zero-order chi connectivity index (χ0) is 12.1. The van der Waals surface area contributed by atoms with Gasteiger partial charge in [0.25, 0.3) is 0 Å². The summed E-state index contributed by atoms with van der Waals surface area (Å²) in [5, 5.41) is 12.3. The third-order valence-corrected chi connectivity index (χ3v) is 2.89. The van der Waals surface area contributed by atoms with Crippen molar-refractivity contribution < 1.29 is 9.47 Å². The number of hydrogen-bond acceptors (Lipinski definition) is 4. The average Bonchev–Trinajstić information content (AvgIpc) is 2.90. The molecule has 2 atom stereocenters. The third-order valence-electron chi connectivity index (χ3n) is 2.89. The number of rotatable bonds is 4. The molecule has 0 aliphatic carbocycles. The van der Waals surface area contributed by atoms with Crippen LogP contribution in [0.1, 0.15) is 12.8 Å². The molecule has 2 rings (SSSR count). The molecule has 0 saturated carbocycles. The molecule has 1 aliphatic rings. The van der Waals surface area contributed by atoms with Crippen LogP contribution in [0, 0.1) is 11.3 Å². The molecule has 0 radical (unpaired) electrons. The van der Waals surface area contributed by atoms with Crippen LogP contribution in [0.2, 0.25) is 0 Å². The van der Waals surface area contributed by atoms with Gasteiger partial charge in [0, 0.05) is 12.3 Å².